The Morgan fingerprint density at radius 3 is 2.12 bits per heavy atom. The number of benzene rings is 1. The second kappa shape index (κ2) is 5.26. The molecule has 0 saturated carbocycles. The molecular weight excluding hydrogens is 202 g/mol. The maximum atomic E-state index is 11.3. The number of likely N-dealkylation sites (N-methyl/N-ethyl adjacent to an activating group) is 1. The van der Waals surface area contributed by atoms with Gasteiger partial charge in [0.05, 0.1) is 0 Å². The molecule has 0 atom stereocenters. The van der Waals surface area contributed by atoms with Crippen LogP contribution in [0.4, 0.5) is 0 Å². The molecule has 0 saturated heterocycles. The van der Waals surface area contributed by atoms with Crippen LogP contribution in [0.3, 0.4) is 0 Å². The summed E-state index contributed by atoms with van der Waals surface area (Å²) in [5, 5.41) is 0. The van der Waals surface area contributed by atoms with Gasteiger partial charge in [-0.25, -0.2) is 0 Å². The van der Waals surface area contributed by atoms with Crippen LogP contribution < -0.4 is 0 Å². The summed E-state index contributed by atoms with van der Waals surface area (Å²) in [7, 11) is 3.40. The zero-order valence-corrected chi connectivity index (χ0v) is 9.73. The lowest BCUT2D eigenvalue weighted by Gasteiger charge is -2.05. The van der Waals surface area contributed by atoms with E-state index >= 15 is 0 Å². The Morgan fingerprint density at radius 1 is 1.12 bits per heavy atom. The van der Waals surface area contributed by atoms with Crippen LogP contribution in [0.5, 0.6) is 0 Å². The van der Waals surface area contributed by atoms with Crippen molar-refractivity contribution in [3.05, 3.63) is 41.5 Å². The SMILES string of the molecule is CC(=O)c1ccc(C=CC(=O)N(C)C)cc1. The molecule has 0 N–H and O–H groups in total. The summed E-state index contributed by atoms with van der Waals surface area (Å²) in [4.78, 5) is 23.8. The minimum atomic E-state index is -0.0596. The van der Waals surface area contributed by atoms with Crippen molar-refractivity contribution in [1.29, 1.82) is 0 Å². The van der Waals surface area contributed by atoms with Gasteiger partial charge in [-0.2, -0.15) is 0 Å². The van der Waals surface area contributed by atoms with Crippen molar-refractivity contribution in [1.82, 2.24) is 4.90 Å². The van der Waals surface area contributed by atoms with Gasteiger partial charge in [0, 0.05) is 25.7 Å². The van der Waals surface area contributed by atoms with Gasteiger partial charge in [0.15, 0.2) is 5.78 Å². The van der Waals surface area contributed by atoms with Gasteiger partial charge in [0.25, 0.3) is 0 Å². The largest absolute Gasteiger partial charge is 0.345 e. The Morgan fingerprint density at radius 2 is 1.69 bits per heavy atom. The fraction of sp³-hybridized carbons (Fsp3) is 0.231. The molecule has 0 spiro atoms. The molecule has 0 aliphatic heterocycles. The predicted octanol–water partition coefficient (Wildman–Crippen LogP) is 1.99. The molecule has 0 radical (unpaired) electrons. The van der Waals surface area contributed by atoms with Crippen molar-refractivity contribution >= 4 is 17.8 Å². The third-order valence-electron chi connectivity index (χ3n) is 2.18. The zero-order valence-electron chi connectivity index (χ0n) is 9.73. The van der Waals surface area contributed by atoms with Gasteiger partial charge >= 0.3 is 0 Å². The summed E-state index contributed by atoms with van der Waals surface area (Å²) in [6.45, 7) is 1.53. The van der Waals surface area contributed by atoms with Crippen molar-refractivity contribution in [2.75, 3.05) is 14.1 Å². The standard InChI is InChI=1S/C13H15NO2/c1-10(15)12-7-4-11(5-8-12)6-9-13(16)14(2)3/h4-9H,1-3H3. The molecule has 84 valence electrons. The first-order valence-corrected chi connectivity index (χ1v) is 5.01. The molecule has 1 rings (SSSR count). The lowest BCUT2D eigenvalue weighted by Crippen LogP contribution is -2.18. The number of hydrogen-bond acceptors (Lipinski definition) is 2. The Hall–Kier alpha value is -1.90. The fourth-order valence-corrected chi connectivity index (χ4v) is 1.15. The lowest BCUT2D eigenvalue weighted by molar-refractivity contribution is -0.123. The number of Topliss-reactive ketones (excluding diaryl/α,β-unsaturated/α-hetero) is 1. The molecule has 1 aromatic carbocycles. The number of nitrogens with zero attached hydrogens (tertiary/aromatic N) is 1. The van der Waals surface area contributed by atoms with E-state index in [0.717, 1.165) is 5.56 Å². The smallest absolute Gasteiger partial charge is 0.246 e. The maximum absolute atomic E-state index is 11.3. The van der Waals surface area contributed by atoms with Gasteiger partial charge in [-0.1, -0.05) is 24.3 Å². The third kappa shape index (κ3) is 3.35. The predicted molar refractivity (Wildman–Crippen MR) is 64.2 cm³/mol. The molecule has 0 unspecified atom stereocenters. The van der Waals surface area contributed by atoms with E-state index in [9.17, 15) is 9.59 Å². The lowest BCUT2D eigenvalue weighted by atomic mass is 10.1. The minimum Gasteiger partial charge on any atom is -0.345 e. The average molecular weight is 217 g/mol. The summed E-state index contributed by atoms with van der Waals surface area (Å²) < 4.78 is 0. The zero-order chi connectivity index (χ0) is 12.1. The van der Waals surface area contributed by atoms with Crippen LogP contribution >= 0.6 is 0 Å². The first kappa shape index (κ1) is 12.2. The molecule has 3 nitrogen and oxygen atoms in total. The monoisotopic (exact) mass is 217 g/mol. The second-order valence-electron chi connectivity index (χ2n) is 3.74. The summed E-state index contributed by atoms with van der Waals surface area (Å²) in [5.74, 6) is -0.0180. The quantitative estimate of drug-likeness (QED) is 0.573. The first-order chi connectivity index (χ1) is 7.50. The van der Waals surface area contributed by atoms with Gasteiger partial charge < -0.3 is 4.90 Å². The van der Waals surface area contributed by atoms with Crippen LogP contribution in [0.15, 0.2) is 30.3 Å². The highest BCUT2D eigenvalue weighted by Crippen LogP contribution is 2.06. The molecule has 1 aromatic rings. The van der Waals surface area contributed by atoms with Crippen molar-refractivity contribution in [3.63, 3.8) is 0 Å². The van der Waals surface area contributed by atoms with E-state index in [0.29, 0.717) is 5.56 Å². The van der Waals surface area contributed by atoms with Crippen LogP contribution in [0.25, 0.3) is 6.08 Å². The maximum Gasteiger partial charge on any atom is 0.246 e. The summed E-state index contributed by atoms with van der Waals surface area (Å²) in [6, 6.07) is 7.14. The van der Waals surface area contributed by atoms with Crippen LogP contribution in [0.2, 0.25) is 0 Å². The van der Waals surface area contributed by atoms with Crippen LogP contribution in [-0.4, -0.2) is 30.7 Å². The number of carbonyl (C=O) groups excluding carboxylic acids is 2. The third-order valence-corrected chi connectivity index (χ3v) is 2.18. The Labute approximate surface area is 95.4 Å². The van der Waals surface area contributed by atoms with E-state index in [1.807, 2.05) is 12.1 Å². The highest BCUT2D eigenvalue weighted by molar-refractivity contribution is 5.94. The minimum absolute atomic E-state index is 0.0416. The molecule has 0 aromatic heterocycles. The van der Waals surface area contributed by atoms with Crippen LogP contribution in [0.1, 0.15) is 22.8 Å². The van der Waals surface area contributed by atoms with E-state index in [1.54, 1.807) is 32.3 Å². The molecule has 3 heteroatoms. The molecule has 16 heavy (non-hydrogen) atoms. The topological polar surface area (TPSA) is 37.4 Å². The fourth-order valence-electron chi connectivity index (χ4n) is 1.15. The normalized spacial score (nSPS) is 10.4. The number of ketones is 1. The molecule has 0 aliphatic carbocycles. The summed E-state index contributed by atoms with van der Waals surface area (Å²) in [5.41, 5.74) is 1.58. The average Bonchev–Trinajstić information content (AvgIpc) is 2.26. The van der Waals surface area contributed by atoms with Gasteiger partial charge in [-0.05, 0) is 18.6 Å². The highest BCUT2D eigenvalue weighted by Gasteiger charge is 1.99. The van der Waals surface area contributed by atoms with Crippen molar-refractivity contribution in [3.8, 4) is 0 Å². The Bertz CT molecular complexity index is 416. The van der Waals surface area contributed by atoms with Gasteiger partial charge in [0.2, 0.25) is 5.91 Å². The molecular formula is C13H15NO2. The number of carbonyl (C=O) groups is 2. The highest BCUT2D eigenvalue weighted by atomic mass is 16.2. The van der Waals surface area contributed by atoms with E-state index in [-0.39, 0.29) is 11.7 Å². The molecule has 1 amide bonds. The molecule has 0 aliphatic rings. The van der Waals surface area contributed by atoms with Crippen molar-refractivity contribution in [2.24, 2.45) is 0 Å². The van der Waals surface area contributed by atoms with Gasteiger partial charge in [-0.3, -0.25) is 9.59 Å². The molecule has 0 bridgehead atoms. The van der Waals surface area contributed by atoms with Crippen molar-refractivity contribution < 1.29 is 9.59 Å². The molecule has 0 heterocycles. The first-order valence-electron chi connectivity index (χ1n) is 5.01. The second-order valence-corrected chi connectivity index (χ2v) is 3.74. The number of rotatable bonds is 3. The van der Waals surface area contributed by atoms with Crippen molar-refractivity contribution in [2.45, 2.75) is 6.92 Å². The van der Waals surface area contributed by atoms with E-state index in [2.05, 4.69) is 0 Å². The Kier molecular flexibility index (Phi) is 4.00. The number of amides is 1. The van der Waals surface area contributed by atoms with Crippen LogP contribution in [0, 0.1) is 0 Å². The van der Waals surface area contributed by atoms with Gasteiger partial charge in [0.1, 0.15) is 0 Å². The van der Waals surface area contributed by atoms with E-state index in [1.165, 1.54) is 17.9 Å². The van der Waals surface area contributed by atoms with E-state index < -0.39 is 0 Å². The Balaban J connectivity index is 2.76. The summed E-state index contributed by atoms with van der Waals surface area (Å²) in [6.07, 6.45) is 3.23. The number of hydrogen-bond donors (Lipinski definition) is 0. The van der Waals surface area contributed by atoms with E-state index in [4.69, 9.17) is 0 Å². The summed E-state index contributed by atoms with van der Waals surface area (Å²) >= 11 is 0. The van der Waals surface area contributed by atoms with Gasteiger partial charge in [-0.15, -0.1) is 0 Å². The molecule has 0 fully saturated rings. The van der Waals surface area contributed by atoms with Crippen LogP contribution in [-0.2, 0) is 4.79 Å².